The zero-order valence-electron chi connectivity index (χ0n) is 14.1. The molecule has 8 heteroatoms. The minimum Gasteiger partial charge on any atom is -0.494 e. The number of rotatable bonds is 5. The van der Waals surface area contributed by atoms with Crippen molar-refractivity contribution in [1.82, 2.24) is 5.16 Å². The van der Waals surface area contributed by atoms with Gasteiger partial charge in [0.15, 0.2) is 0 Å². The van der Waals surface area contributed by atoms with Crippen molar-refractivity contribution in [3.05, 3.63) is 70.0 Å². The summed E-state index contributed by atoms with van der Waals surface area (Å²) in [5.41, 5.74) is 1.62. The largest absolute Gasteiger partial charge is 0.494 e. The zero-order chi connectivity index (χ0) is 18.7. The maximum atomic E-state index is 12.8. The number of aryl methyl sites for hydroxylation is 1. The number of non-ortho nitro benzene ring substituents is 1. The standard InChI is InChI=1S/C18H15N3O5/c1-11-16(17(20-26-11)12-6-4-3-5-7-12)18(22)19-14-9-8-13(21(23)24)10-15(14)25-2/h3-10H,1-2H3,(H,19,22). The van der Waals surface area contributed by atoms with Crippen molar-refractivity contribution in [2.24, 2.45) is 0 Å². The van der Waals surface area contributed by atoms with Crippen LogP contribution < -0.4 is 10.1 Å². The Morgan fingerprint density at radius 1 is 1.23 bits per heavy atom. The van der Waals surface area contributed by atoms with Gasteiger partial charge in [0.05, 0.1) is 23.8 Å². The summed E-state index contributed by atoms with van der Waals surface area (Å²) in [5.74, 6) is 0.0971. The van der Waals surface area contributed by atoms with Gasteiger partial charge in [0.25, 0.3) is 11.6 Å². The van der Waals surface area contributed by atoms with Crippen molar-refractivity contribution in [2.75, 3.05) is 12.4 Å². The molecule has 0 saturated heterocycles. The minimum atomic E-state index is -0.536. The first kappa shape index (κ1) is 17.2. The molecule has 0 aliphatic heterocycles. The van der Waals surface area contributed by atoms with Gasteiger partial charge in [-0.15, -0.1) is 0 Å². The number of nitro groups is 1. The molecule has 3 rings (SSSR count). The molecule has 0 atom stereocenters. The summed E-state index contributed by atoms with van der Waals surface area (Å²) in [7, 11) is 1.37. The Hall–Kier alpha value is -3.68. The molecule has 0 saturated carbocycles. The lowest BCUT2D eigenvalue weighted by Crippen LogP contribution is -2.14. The van der Waals surface area contributed by atoms with Crippen LogP contribution in [0.4, 0.5) is 11.4 Å². The second-order valence-electron chi connectivity index (χ2n) is 5.42. The lowest BCUT2D eigenvalue weighted by Gasteiger charge is -2.10. The van der Waals surface area contributed by atoms with E-state index in [1.165, 1.54) is 25.3 Å². The molecule has 3 aromatic rings. The third-order valence-corrected chi connectivity index (χ3v) is 3.78. The van der Waals surface area contributed by atoms with Crippen molar-refractivity contribution >= 4 is 17.3 Å². The van der Waals surface area contributed by atoms with Crippen molar-refractivity contribution in [3.8, 4) is 17.0 Å². The third kappa shape index (κ3) is 3.25. The van der Waals surface area contributed by atoms with Crippen LogP contribution in [0.15, 0.2) is 53.1 Å². The average Bonchev–Trinajstić information content (AvgIpc) is 3.04. The van der Waals surface area contributed by atoms with Crippen LogP contribution in [0.3, 0.4) is 0 Å². The van der Waals surface area contributed by atoms with Crippen molar-refractivity contribution in [3.63, 3.8) is 0 Å². The maximum absolute atomic E-state index is 12.8. The molecule has 1 aromatic heterocycles. The fourth-order valence-corrected chi connectivity index (χ4v) is 2.51. The summed E-state index contributed by atoms with van der Waals surface area (Å²) in [5, 5.41) is 17.5. The van der Waals surface area contributed by atoms with Gasteiger partial charge in [0.2, 0.25) is 0 Å². The van der Waals surface area contributed by atoms with Crippen LogP contribution in [0.1, 0.15) is 16.1 Å². The normalized spacial score (nSPS) is 10.4. The van der Waals surface area contributed by atoms with Crippen LogP contribution in [-0.4, -0.2) is 23.1 Å². The number of methoxy groups -OCH3 is 1. The average molecular weight is 353 g/mol. The highest BCUT2D eigenvalue weighted by molar-refractivity contribution is 6.09. The molecule has 0 spiro atoms. The fourth-order valence-electron chi connectivity index (χ4n) is 2.51. The number of hydrogen-bond donors (Lipinski definition) is 1. The summed E-state index contributed by atoms with van der Waals surface area (Å²) in [6.07, 6.45) is 0. The smallest absolute Gasteiger partial charge is 0.273 e. The molecule has 1 amide bonds. The molecule has 8 nitrogen and oxygen atoms in total. The second kappa shape index (κ2) is 7.06. The van der Waals surface area contributed by atoms with Crippen molar-refractivity contribution < 1.29 is 19.0 Å². The fraction of sp³-hybridized carbons (Fsp3) is 0.111. The number of carbonyl (C=O) groups excluding carboxylic acids is 1. The zero-order valence-corrected chi connectivity index (χ0v) is 14.1. The number of hydrogen-bond acceptors (Lipinski definition) is 6. The second-order valence-corrected chi connectivity index (χ2v) is 5.42. The van der Waals surface area contributed by atoms with E-state index in [0.29, 0.717) is 17.1 Å². The molecule has 0 unspecified atom stereocenters. The van der Waals surface area contributed by atoms with Crippen LogP contribution >= 0.6 is 0 Å². The Morgan fingerprint density at radius 2 is 1.96 bits per heavy atom. The van der Waals surface area contributed by atoms with Gasteiger partial charge in [-0.25, -0.2) is 0 Å². The first-order chi connectivity index (χ1) is 12.5. The van der Waals surface area contributed by atoms with Crippen LogP contribution in [0, 0.1) is 17.0 Å². The van der Waals surface area contributed by atoms with Gasteiger partial charge in [-0.1, -0.05) is 35.5 Å². The monoisotopic (exact) mass is 353 g/mol. The van der Waals surface area contributed by atoms with Gasteiger partial charge >= 0.3 is 0 Å². The van der Waals surface area contributed by atoms with Gasteiger partial charge in [0, 0.05) is 11.6 Å². The van der Waals surface area contributed by atoms with Crippen LogP contribution in [-0.2, 0) is 0 Å². The highest BCUT2D eigenvalue weighted by atomic mass is 16.6. The van der Waals surface area contributed by atoms with E-state index in [2.05, 4.69) is 10.5 Å². The Labute approximate surface area is 148 Å². The van der Waals surface area contributed by atoms with Gasteiger partial charge in [-0.2, -0.15) is 0 Å². The van der Waals surface area contributed by atoms with E-state index in [4.69, 9.17) is 9.26 Å². The number of nitro benzene ring substituents is 1. The molecule has 0 bridgehead atoms. The van der Waals surface area contributed by atoms with E-state index in [0.717, 1.165) is 5.56 Å². The van der Waals surface area contributed by atoms with E-state index < -0.39 is 10.8 Å². The molecular weight excluding hydrogens is 338 g/mol. The highest BCUT2D eigenvalue weighted by Gasteiger charge is 2.23. The quantitative estimate of drug-likeness (QED) is 0.552. The van der Waals surface area contributed by atoms with Crippen molar-refractivity contribution in [1.29, 1.82) is 0 Å². The van der Waals surface area contributed by atoms with Gasteiger partial charge in [-0.05, 0) is 13.0 Å². The Balaban J connectivity index is 1.95. The number of nitrogens with zero attached hydrogens (tertiary/aromatic N) is 2. The van der Waals surface area contributed by atoms with E-state index >= 15 is 0 Å². The predicted octanol–water partition coefficient (Wildman–Crippen LogP) is 3.82. The topological polar surface area (TPSA) is 108 Å². The number of amides is 1. The molecule has 0 aliphatic carbocycles. The van der Waals surface area contributed by atoms with Gasteiger partial charge in [0.1, 0.15) is 22.8 Å². The molecule has 1 N–H and O–H groups in total. The summed E-state index contributed by atoms with van der Waals surface area (Å²) in [4.78, 5) is 23.1. The summed E-state index contributed by atoms with van der Waals surface area (Å²) in [6.45, 7) is 1.64. The van der Waals surface area contributed by atoms with Crippen LogP contribution in [0.5, 0.6) is 5.75 Å². The molecule has 2 aromatic carbocycles. The van der Waals surface area contributed by atoms with E-state index in [9.17, 15) is 14.9 Å². The first-order valence-corrected chi connectivity index (χ1v) is 7.66. The van der Waals surface area contributed by atoms with E-state index in [-0.39, 0.29) is 17.0 Å². The molecule has 1 heterocycles. The summed E-state index contributed by atoms with van der Waals surface area (Å²) >= 11 is 0. The molecule has 26 heavy (non-hydrogen) atoms. The number of ether oxygens (including phenoxy) is 1. The number of carbonyl (C=O) groups is 1. The molecule has 132 valence electrons. The lowest BCUT2D eigenvalue weighted by atomic mass is 10.1. The maximum Gasteiger partial charge on any atom is 0.273 e. The molecular formula is C18H15N3O5. The SMILES string of the molecule is COc1cc([N+](=O)[O-])ccc1NC(=O)c1c(-c2ccccc2)noc1C. The van der Waals surface area contributed by atoms with E-state index in [1.807, 2.05) is 30.3 Å². The molecule has 0 fully saturated rings. The van der Waals surface area contributed by atoms with Gasteiger partial charge in [-0.3, -0.25) is 14.9 Å². The number of anilines is 1. The Morgan fingerprint density at radius 3 is 2.62 bits per heavy atom. The van der Waals surface area contributed by atoms with Crippen LogP contribution in [0.2, 0.25) is 0 Å². The summed E-state index contributed by atoms with van der Waals surface area (Å²) < 4.78 is 10.3. The molecule has 0 radical (unpaired) electrons. The number of benzene rings is 2. The highest BCUT2D eigenvalue weighted by Crippen LogP contribution is 2.31. The van der Waals surface area contributed by atoms with Crippen LogP contribution in [0.25, 0.3) is 11.3 Å². The number of aromatic nitrogens is 1. The minimum absolute atomic E-state index is 0.133. The Kier molecular flexibility index (Phi) is 4.66. The number of nitrogens with one attached hydrogen (secondary N) is 1. The summed E-state index contributed by atoms with van der Waals surface area (Å²) in [6, 6.07) is 13.1. The van der Waals surface area contributed by atoms with E-state index in [1.54, 1.807) is 6.92 Å². The Bertz CT molecular complexity index is 966. The first-order valence-electron chi connectivity index (χ1n) is 7.66. The molecule has 0 aliphatic rings. The van der Waals surface area contributed by atoms with Crippen molar-refractivity contribution in [2.45, 2.75) is 6.92 Å². The lowest BCUT2D eigenvalue weighted by molar-refractivity contribution is -0.384. The predicted molar refractivity (Wildman–Crippen MR) is 94.3 cm³/mol. The third-order valence-electron chi connectivity index (χ3n) is 3.78. The van der Waals surface area contributed by atoms with Gasteiger partial charge < -0.3 is 14.6 Å².